The molecule has 8 nitrogen and oxygen atoms in total. The molecule has 25 heavy (non-hydrogen) atoms. The molecular weight excluding hydrogens is 322 g/mol. The number of ether oxygens (including phenoxy) is 1. The van der Waals surface area contributed by atoms with Gasteiger partial charge in [-0.05, 0) is 33.1 Å². The quantitative estimate of drug-likeness (QED) is 0.816. The Morgan fingerprint density at radius 1 is 1.28 bits per heavy atom. The molecule has 1 aliphatic heterocycles. The highest BCUT2D eigenvalue weighted by Crippen LogP contribution is 2.12. The van der Waals surface area contributed by atoms with E-state index < -0.39 is 0 Å². The molecule has 2 amide bonds. The van der Waals surface area contributed by atoms with Crippen LogP contribution in [0, 0.1) is 0 Å². The molecule has 8 heteroatoms. The van der Waals surface area contributed by atoms with Gasteiger partial charge in [0.25, 0.3) is 5.91 Å². The van der Waals surface area contributed by atoms with E-state index >= 15 is 0 Å². The Morgan fingerprint density at radius 3 is 2.48 bits per heavy atom. The van der Waals surface area contributed by atoms with E-state index in [0.717, 1.165) is 6.42 Å². The minimum Gasteiger partial charge on any atom is -0.450 e. The van der Waals surface area contributed by atoms with Crippen LogP contribution in [0.25, 0.3) is 0 Å². The van der Waals surface area contributed by atoms with Crippen molar-refractivity contribution in [2.75, 3.05) is 25.0 Å². The highest BCUT2D eigenvalue weighted by atomic mass is 16.6. The lowest BCUT2D eigenvalue weighted by Crippen LogP contribution is -2.46. The van der Waals surface area contributed by atoms with Gasteiger partial charge >= 0.3 is 6.09 Å². The Balaban J connectivity index is 1.81. The van der Waals surface area contributed by atoms with Crippen LogP contribution >= 0.6 is 0 Å². The molecule has 2 heterocycles. The maximum absolute atomic E-state index is 12.3. The van der Waals surface area contributed by atoms with Gasteiger partial charge in [-0.15, -0.1) is 0 Å². The van der Waals surface area contributed by atoms with E-state index in [1.807, 2.05) is 6.92 Å². The lowest BCUT2D eigenvalue weighted by molar-refractivity contribution is 0.0859. The van der Waals surface area contributed by atoms with Gasteiger partial charge in [-0.2, -0.15) is 0 Å². The molecule has 0 saturated carbocycles. The predicted octanol–water partition coefficient (Wildman–Crippen LogP) is 2.04. The van der Waals surface area contributed by atoms with Gasteiger partial charge in [0.1, 0.15) is 0 Å². The van der Waals surface area contributed by atoms with Gasteiger partial charge in [-0.25, -0.2) is 14.8 Å². The van der Waals surface area contributed by atoms with Gasteiger partial charge in [0.2, 0.25) is 5.95 Å². The van der Waals surface area contributed by atoms with Gasteiger partial charge in [-0.3, -0.25) is 4.79 Å². The van der Waals surface area contributed by atoms with Gasteiger partial charge < -0.3 is 20.3 Å². The largest absolute Gasteiger partial charge is 0.450 e. The van der Waals surface area contributed by atoms with Crippen LogP contribution < -0.4 is 10.6 Å². The fourth-order valence-corrected chi connectivity index (χ4v) is 2.53. The van der Waals surface area contributed by atoms with Crippen molar-refractivity contribution >= 4 is 17.9 Å². The second-order valence-corrected chi connectivity index (χ2v) is 6.18. The van der Waals surface area contributed by atoms with Crippen molar-refractivity contribution in [3.05, 3.63) is 18.0 Å². The van der Waals surface area contributed by atoms with Crippen molar-refractivity contribution in [2.24, 2.45) is 0 Å². The predicted molar refractivity (Wildman–Crippen MR) is 94.5 cm³/mol. The van der Waals surface area contributed by atoms with Crippen molar-refractivity contribution in [1.29, 1.82) is 0 Å². The van der Waals surface area contributed by atoms with Crippen LogP contribution in [-0.4, -0.2) is 58.6 Å². The Hall–Kier alpha value is -2.38. The summed E-state index contributed by atoms with van der Waals surface area (Å²) in [6, 6.07) is 0.320. The summed E-state index contributed by atoms with van der Waals surface area (Å²) in [6.45, 7) is 7.45. The number of anilines is 1. The monoisotopic (exact) mass is 349 g/mol. The minimum absolute atomic E-state index is 0.0380. The summed E-state index contributed by atoms with van der Waals surface area (Å²) in [5.41, 5.74) is 0.433. The van der Waals surface area contributed by atoms with E-state index in [0.29, 0.717) is 44.0 Å². The van der Waals surface area contributed by atoms with Crippen molar-refractivity contribution in [1.82, 2.24) is 20.2 Å². The number of hydrogen-bond donors (Lipinski definition) is 2. The molecule has 1 aromatic rings. The number of rotatable bonds is 6. The van der Waals surface area contributed by atoms with Crippen molar-refractivity contribution in [3.8, 4) is 0 Å². The fourth-order valence-electron chi connectivity index (χ4n) is 2.53. The van der Waals surface area contributed by atoms with E-state index in [1.165, 1.54) is 12.4 Å². The van der Waals surface area contributed by atoms with E-state index in [4.69, 9.17) is 4.74 Å². The van der Waals surface area contributed by atoms with Gasteiger partial charge in [0.05, 0.1) is 12.2 Å². The zero-order chi connectivity index (χ0) is 18.2. The van der Waals surface area contributed by atoms with Crippen molar-refractivity contribution < 1.29 is 14.3 Å². The van der Waals surface area contributed by atoms with Crippen LogP contribution in [0.2, 0.25) is 0 Å². The third kappa shape index (κ3) is 5.58. The maximum Gasteiger partial charge on any atom is 0.409 e. The number of carbonyl (C=O) groups is 2. The van der Waals surface area contributed by atoms with Crippen LogP contribution in [0.15, 0.2) is 12.4 Å². The second-order valence-electron chi connectivity index (χ2n) is 6.18. The molecule has 2 N–H and O–H groups in total. The van der Waals surface area contributed by atoms with Gasteiger partial charge in [0, 0.05) is 37.6 Å². The summed E-state index contributed by atoms with van der Waals surface area (Å²) in [5, 5.41) is 6.14. The Labute approximate surface area is 148 Å². The number of amides is 2. The third-order valence-corrected chi connectivity index (χ3v) is 4.26. The molecule has 0 aliphatic carbocycles. The molecule has 1 unspecified atom stereocenters. The van der Waals surface area contributed by atoms with Crippen molar-refractivity contribution in [2.45, 2.75) is 52.1 Å². The number of piperidine rings is 1. The first-order valence-electron chi connectivity index (χ1n) is 8.84. The van der Waals surface area contributed by atoms with Gasteiger partial charge in [0.15, 0.2) is 0 Å². The van der Waals surface area contributed by atoms with E-state index in [9.17, 15) is 9.59 Å². The summed E-state index contributed by atoms with van der Waals surface area (Å²) in [5.74, 6) is 0.332. The fraction of sp³-hybridized carbons (Fsp3) is 0.647. The molecule has 0 bridgehead atoms. The smallest absolute Gasteiger partial charge is 0.409 e. The van der Waals surface area contributed by atoms with Crippen LogP contribution in [0.4, 0.5) is 10.7 Å². The summed E-state index contributed by atoms with van der Waals surface area (Å²) in [4.78, 5) is 34.0. The average Bonchev–Trinajstić information content (AvgIpc) is 2.63. The van der Waals surface area contributed by atoms with Crippen LogP contribution in [-0.2, 0) is 4.74 Å². The second kappa shape index (κ2) is 9.19. The molecule has 0 radical (unpaired) electrons. The van der Waals surface area contributed by atoms with E-state index in [-0.39, 0.29) is 24.1 Å². The number of carbonyl (C=O) groups excluding carboxylic acids is 2. The number of nitrogens with zero attached hydrogens (tertiary/aromatic N) is 3. The maximum atomic E-state index is 12.3. The Kier molecular flexibility index (Phi) is 6.97. The van der Waals surface area contributed by atoms with Crippen LogP contribution in [0.5, 0.6) is 0 Å². The molecule has 1 aliphatic rings. The molecule has 0 spiro atoms. The SMILES string of the molecule is CCOC(=O)N1CCC(NC(=O)c2cnc(NC(C)CC)nc2)CC1. The molecule has 1 saturated heterocycles. The lowest BCUT2D eigenvalue weighted by Gasteiger charge is -2.31. The molecule has 1 fully saturated rings. The molecule has 2 rings (SSSR count). The molecule has 1 atom stereocenters. The molecular formula is C17H27N5O3. The first-order chi connectivity index (χ1) is 12.0. The highest BCUT2D eigenvalue weighted by molar-refractivity contribution is 5.93. The Bertz CT molecular complexity index is 570. The minimum atomic E-state index is -0.287. The molecule has 0 aromatic carbocycles. The van der Waals surface area contributed by atoms with Gasteiger partial charge in [-0.1, -0.05) is 6.92 Å². The number of aromatic nitrogens is 2. The van der Waals surface area contributed by atoms with E-state index in [2.05, 4.69) is 27.5 Å². The third-order valence-electron chi connectivity index (χ3n) is 4.26. The summed E-state index contributed by atoms with van der Waals surface area (Å²) < 4.78 is 4.99. The highest BCUT2D eigenvalue weighted by Gasteiger charge is 2.24. The standard InChI is InChI=1S/C17H27N5O3/c1-4-12(3)20-16-18-10-13(11-19-16)15(23)21-14-6-8-22(9-7-14)17(24)25-5-2/h10-12,14H,4-9H2,1-3H3,(H,21,23)(H,18,19,20). The summed E-state index contributed by atoms with van der Waals surface area (Å²) in [7, 11) is 0. The number of nitrogens with one attached hydrogen (secondary N) is 2. The van der Waals surface area contributed by atoms with Crippen molar-refractivity contribution in [3.63, 3.8) is 0 Å². The molecule has 1 aromatic heterocycles. The zero-order valence-electron chi connectivity index (χ0n) is 15.1. The summed E-state index contributed by atoms with van der Waals surface area (Å²) in [6.07, 6.45) is 5.15. The average molecular weight is 349 g/mol. The zero-order valence-corrected chi connectivity index (χ0v) is 15.1. The Morgan fingerprint density at radius 2 is 1.92 bits per heavy atom. The first-order valence-corrected chi connectivity index (χ1v) is 8.84. The topological polar surface area (TPSA) is 96.5 Å². The number of hydrogen-bond acceptors (Lipinski definition) is 6. The summed E-state index contributed by atoms with van der Waals surface area (Å²) >= 11 is 0. The number of likely N-dealkylation sites (tertiary alicyclic amines) is 1. The van der Waals surface area contributed by atoms with Crippen LogP contribution in [0.1, 0.15) is 50.4 Å². The lowest BCUT2D eigenvalue weighted by atomic mass is 10.1. The molecule has 138 valence electrons. The van der Waals surface area contributed by atoms with Crippen LogP contribution in [0.3, 0.4) is 0 Å². The normalized spacial score (nSPS) is 16.2. The van der Waals surface area contributed by atoms with E-state index in [1.54, 1.807) is 11.8 Å². The first kappa shape index (κ1) is 19.0.